The van der Waals surface area contributed by atoms with Crippen molar-refractivity contribution < 1.29 is 10.0 Å². The Kier molecular flexibility index (Phi) is 3.19. The Bertz CT molecular complexity index is 103. The molecule has 0 fully saturated rings. The van der Waals surface area contributed by atoms with Gasteiger partial charge in [0.2, 0.25) is 5.91 Å². The summed E-state index contributed by atoms with van der Waals surface area (Å²) in [7, 11) is 0. The molecule has 0 bridgehead atoms. The monoisotopic (exact) mass is 132 g/mol. The Labute approximate surface area is 54.0 Å². The lowest BCUT2D eigenvalue weighted by atomic mass is 10.1. The minimum Gasteiger partial charge on any atom is -0.368 e. The first kappa shape index (κ1) is 8.39. The molecule has 4 N–H and O–H groups in total. The van der Waals surface area contributed by atoms with Crippen LogP contribution in [0.4, 0.5) is 0 Å². The number of hydroxylamine groups is 1. The van der Waals surface area contributed by atoms with E-state index in [-0.39, 0.29) is 5.92 Å². The van der Waals surface area contributed by atoms with Crippen LogP contribution in [0.3, 0.4) is 0 Å². The number of carbonyl (C=O) groups is 1. The summed E-state index contributed by atoms with van der Waals surface area (Å²) >= 11 is 0. The maximum absolute atomic E-state index is 10.4. The Morgan fingerprint density at radius 1 is 1.67 bits per heavy atom. The van der Waals surface area contributed by atoms with Crippen LogP contribution in [0.25, 0.3) is 0 Å². The fourth-order valence-electron chi connectivity index (χ4n) is 0.541. The zero-order valence-corrected chi connectivity index (χ0v) is 5.59. The zero-order valence-electron chi connectivity index (χ0n) is 5.59. The van der Waals surface area contributed by atoms with Gasteiger partial charge >= 0.3 is 0 Å². The average Bonchev–Trinajstić information content (AvgIpc) is 1.64. The highest BCUT2D eigenvalue weighted by Crippen LogP contribution is 1.98. The van der Waals surface area contributed by atoms with Crippen molar-refractivity contribution in [3.63, 3.8) is 0 Å². The Hall–Kier alpha value is -0.610. The summed E-state index contributed by atoms with van der Waals surface area (Å²) in [6.45, 7) is 3.58. The van der Waals surface area contributed by atoms with E-state index in [2.05, 4.69) is 0 Å². The summed E-state index contributed by atoms with van der Waals surface area (Å²) in [6.07, 6.45) is 0. The van der Waals surface area contributed by atoms with Crippen molar-refractivity contribution in [3.8, 4) is 0 Å². The molecule has 1 unspecified atom stereocenters. The first-order valence-electron chi connectivity index (χ1n) is 2.78. The van der Waals surface area contributed by atoms with E-state index in [1.165, 1.54) is 0 Å². The molecule has 0 aliphatic rings. The molecule has 0 aromatic heterocycles. The lowest BCUT2D eigenvalue weighted by molar-refractivity contribution is -0.123. The molecule has 0 heterocycles. The lowest BCUT2D eigenvalue weighted by Gasteiger charge is -2.13. The Morgan fingerprint density at radius 2 is 2.11 bits per heavy atom. The number of hydrogen-bond acceptors (Lipinski definition) is 3. The number of primary amides is 1. The van der Waals surface area contributed by atoms with Crippen LogP contribution in [0, 0.1) is 5.92 Å². The van der Waals surface area contributed by atoms with Crippen LogP contribution in [0.5, 0.6) is 0 Å². The highest BCUT2D eigenvalue weighted by molar-refractivity contribution is 5.79. The number of nitrogens with two attached hydrogens (primary N) is 1. The summed E-state index contributed by atoms with van der Waals surface area (Å²) in [5.74, 6) is -0.514. The summed E-state index contributed by atoms with van der Waals surface area (Å²) in [5.41, 5.74) is 6.71. The van der Waals surface area contributed by atoms with Crippen LogP contribution >= 0.6 is 0 Å². The molecule has 0 aromatic carbocycles. The van der Waals surface area contributed by atoms with Gasteiger partial charge in [0.15, 0.2) is 0 Å². The minimum absolute atomic E-state index is 0.0208. The fraction of sp³-hybridized carbons (Fsp3) is 0.800. The van der Waals surface area contributed by atoms with Gasteiger partial charge in [-0.3, -0.25) is 4.79 Å². The first-order chi connectivity index (χ1) is 4.09. The van der Waals surface area contributed by atoms with Gasteiger partial charge in [0.05, 0.1) is 0 Å². The topological polar surface area (TPSA) is 75.3 Å². The SMILES string of the molecule is CC(C)C(NO)C(N)=O. The third kappa shape index (κ3) is 2.43. The zero-order chi connectivity index (χ0) is 7.44. The molecule has 0 saturated carbocycles. The van der Waals surface area contributed by atoms with Gasteiger partial charge < -0.3 is 10.9 Å². The van der Waals surface area contributed by atoms with Crippen molar-refractivity contribution in [2.75, 3.05) is 0 Å². The van der Waals surface area contributed by atoms with E-state index in [0.717, 1.165) is 0 Å². The molecule has 0 aliphatic carbocycles. The fourth-order valence-corrected chi connectivity index (χ4v) is 0.541. The van der Waals surface area contributed by atoms with E-state index in [1.54, 1.807) is 13.8 Å². The van der Waals surface area contributed by atoms with Gasteiger partial charge in [0, 0.05) is 0 Å². The van der Waals surface area contributed by atoms with Crippen molar-refractivity contribution in [3.05, 3.63) is 0 Å². The van der Waals surface area contributed by atoms with Gasteiger partial charge in [-0.2, -0.15) is 5.48 Å². The Balaban J connectivity index is 3.83. The summed E-state index contributed by atoms with van der Waals surface area (Å²) in [6, 6.07) is -0.634. The second kappa shape index (κ2) is 3.42. The first-order valence-corrected chi connectivity index (χ1v) is 2.78. The van der Waals surface area contributed by atoms with Gasteiger partial charge in [-0.1, -0.05) is 13.8 Å². The highest BCUT2D eigenvalue weighted by Gasteiger charge is 2.16. The second-order valence-electron chi connectivity index (χ2n) is 2.25. The van der Waals surface area contributed by atoms with Crippen LogP contribution in [0.2, 0.25) is 0 Å². The van der Waals surface area contributed by atoms with Crippen LogP contribution in [-0.4, -0.2) is 17.2 Å². The van der Waals surface area contributed by atoms with Crippen molar-refractivity contribution in [1.29, 1.82) is 0 Å². The minimum atomic E-state index is -0.634. The normalized spacial score (nSPS) is 13.8. The largest absolute Gasteiger partial charge is 0.368 e. The predicted octanol–water partition coefficient (Wildman–Crippen LogP) is -0.525. The number of amides is 1. The van der Waals surface area contributed by atoms with Gasteiger partial charge in [0.25, 0.3) is 0 Å². The van der Waals surface area contributed by atoms with Crippen LogP contribution in [-0.2, 0) is 4.79 Å². The van der Waals surface area contributed by atoms with E-state index < -0.39 is 11.9 Å². The molecule has 0 aliphatic heterocycles. The third-order valence-corrected chi connectivity index (χ3v) is 1.11. The molecule has 54 valence electrons. The third-order valence-electron chi connectivity index (χ3n) is 1.11. The summed E-state index contributed by atoms with van der Waals surface area (Å²) < 4.78 is 0. The van der Waals surface area contributed by atoms with Gasteiger partial charge in [-0.15, -0.1) is 0 Å². The van der Waals surface area contributed by atoms with Gasteiger partial charge in [-0.05, 0) is 5.92 Å². The molecule has 1 atom stereocenters. The molecule has 0 spiro atoms. The van der Waals surface area contributed by atoms with E-state index in [1.807, 2.05) is 5.48 Å². The molecule has 4 nitrogen and oxygen atoms in total. The number of hydrogen-bond donors (Lipinski definition) is 3. The van der Waals surface area contributed by atoms with E-state index in [9.17, 15) is 4.79 Å². The van der Waals surface area contributed by atoms with Crippen LogP contribution < -0.4 is 11.2 Å². The number of rotatable bonds is 3. The number of carbonyl (C=O) groups excluding carboxylic acids is 1. The van der Waals surface area contributed by atoms with Crippen molar-refractivity contribution >= 4 is 5.91 Å². The molecule has 0 saturated heterocycles. The number of nitrogens with one attached hydrogen (secondary N) is 1. The predicted molar refractivity (Wildman–Crippen MR) is 32.7 cm³/mol. The second-order valence-corrected chi connectivity index (χ2v) is 2.25. The van der Waals surface area contributed by atoms with Crippen molar-refractivity contribution in [2.45, 2.75) is 19.9 Å². The van der Waals surface area contributed by atoms with E-state index >= 15 is 0 Å². The molecule has 9 heavy (non-hydrogen) atoms. The molecule has 0 rings (SSSR count). The standard InChI is InChI=1S/C5H12N2O2/c1-3(2)4(7-9)5(6)8/h3-4,7,9H,1-2H3,(H2,6,8). The maximum Gasteiger partial charge on any atom is 0.237 e. The highest BCUT2D eigenvalue weighted by atomic mass is 16.5. The van der Waals surface area contributed by atoms with Crippen molar-refractivity contribution in [1.82, 2.24) is 5.48 Å². The molecule has 0 radical (unpaired) electrons. The summed E-state index contributed by atoms with van der Waals surface area (Å²) in [4.78, 5) is 10.4. The van der Waals surface area contributed by atoms with Gasteiger partial charge in [0.1, 0.15) is 6.04 Å². The summed E-state index contributed by atoms with van der Waals surface area (Å²) in [5, 5.41) is 8.32. The average molecular weight is 132 g/mol. The molecular formula is C5H12N2O2. The van der Waals surface area contributed by atoms with E-state index in [4.69, 9.17) is 10.9 Å². The Morgan fingerprint density at radius 3 is 2.11 bits per heavy atom. The van der Waals surface area contributed by atoms with Gasteiger partial charge in [-0.25, -0.2) is 0 Å². The smallest absolute Gasteiger partial charge is 0.237 e. The molecule has 0 aromatic rings. The lowest BCUT2D eigenvalue weighted by Crippen LogP contribution is -2.43. The quantitative estimate of drug-likeness (QED) is 0.452. The molecule has 4 heteroatoms. The molecule has 1 amide bonds. The van der Waals surface area contributed by atoms with Crippen molar-refractivity contribution in [2.24, 2.45) is 11.7 Å². The maximum atomic E-state index is 10.4. The van der Waals surface area contributed by atoms with E-state index in [0.29, 0.717) is 0 Å². The van der Waals surface area contributed by atoms with Crippen LogP contribution in [0.15, 0.2) is 0 Å². The van der Waals surface area contributed by atoms with Crippen LogP contribution in [0.1, 0.15) is 13.8 Å². The molecular weight excluding hydrogens is 120 g/mol.